The van der Waals surface area contributed by atoms with Crippen LogP contribution in [0.3, 0.4) is 0 Å². The molecule has 0 fully saturated rings. The van der Waals surface area contributed by atoms with Gasteiger partial charge in [-0.1, -0.05) is 0 Å². The Morgan fingerprint density at radius 2 is 1.76 bits per heavy atom. The lowest BCUT2D eigenvalue weighted by molar-refractivity contribution is 0.102. The van der Waals surface area contributed by atoms with Crippen LogP contribution in [0.5, 0.6) is 0 Å². The molecule has 25 heavy (non-hydrogen) atoms. The summed E-state index contributed by atoms with van der Waals surface area (Å²) in [5.74, 6) is 0.234. The van der Waals surface area contributed by atoms with Crippen LogP contribution in [-0.4, -0.2) is 35.0 Å². The molecular formula is C18H18N6O. The maximum Gasteiger partial charge on any atom is 0.275 e. The predicted molar refractivity (Wildman–Crippen MR) is 98.3 cm³/mol. The van der Waals surface area contributed by atoms with Gasteiger partial charge < -0.3 is 15.5 Å². The Morgan fingerprint density at radius 1 is 0.960 bits per heavy atom. The molecule has 0 radical (unpaired) electrons. The third-order valence-electron chi connectivity index (χ3n) is 3.46. The molecule has 3 aromatic rings. The molecule has 0 aliphatic rings. The number of hydrogen-bond donors (Lipinski definition) is 2. The van der Waals surface area contributed by atoms with Crippen LogP contribution in [0.1, 0.15) is 10.5 Å². The van der Waals surface area contributed by atoms with E-state index in [0.29, 0.717) is 11.5 Å². The molecule has 0 atom stereocenters. The van der Waals surface area contributed by atoms with Crippen LogP contribution < -0.4 is 15.5 Å². The standard InChI is InChI=1S/C18H18N6O/c1-24(2)15-7-5-13(6-8-15)22-17-12-20-16(11-21-17)18(25)23-14-4-3-9-19-10-14/h3-12H,1-2H3,(H,21,22)(H,23,25). The van der Waals surface area contributed by atoms with Crippen molar-refractivity contribution in [2.75, 3.05) is 29.6 Å². The second kappa shape index (κ2) is 7.39. The Labute approximate surface area is 145 Å². The van der Waals surface area contributed by atoms with Crippen molar-refractivity contribution in [3.8, 4) is 0 Å². The third kappa shape index (κ3) is 4.29. The van der Waals surface area contributed by atoms with Gasteiger partial charge in [0.2, 0.25) is 0 Å². The second-order valence-electron chi connectivity index (χ2n) is 5.55. The maximum absolute atomic E-state index is 12.1. The van der Waals surface area contributed by atoms with E-state index in [9.17, 15) is 4.79 Å². The van der Waals surface area contributed by atoms with E-state index in [1.54, 1.807) is 24.5 Å². The molecule has 0 aliphatic heterocycles. The number of benzene rings is 1. The van der Waals surface area contributed by atoms with Gasteiger partial charge in [0.05, 0.1) is 24.3 Å². The summed E-state index contributed by atoms with van der Waals surface area (Å²) in [7, 11) is 3.98. The topological polar surface area (TPSA) is 83.0 Å². The Kier molecular flexibility index (Phi) is 4.84. The molecule has 0 saturated heterocycles. The molecule has 126 valence electrons. The van der Waals surface area contributed by atoms with Crippen LogP contribution in [0.2, 0.25) is 0 Å². The van der Waals surface area contributed by atoms with Gasteiger partial charge in [-0.05, 0) is 36.4 Å². The number of anilines is 4. The van der Waals surface area contributed by atoms with E-state index in [1.807, 2.05) is 43.3 Å². The van der Waals surface area contributed by atoms with Crippen molar-refractivity contribution in [2.24, 2.45) is 0 Å². The Morgan fingerprint density at radius 3 is 2.36 bits per heavy atom. The fraction of sp³-hybridized carbons (Fsp3) is 0.111. The summed E-state index contributed by atoms with van der Waals surface area (Å²) in [6.07, 6.45) is 6.17. The van der Waals surface area contributed by atoms with Gasteiger partial charge in [0.1, 0.15) is 11.5 Å². The molecule has 1 amide bonds. The van der Waals surface area contributed by atoms with Gasteiger partial charge in [0, 0.05) is 31.7 Å². The SMILES string of the molecule is CN(C)c1ccc(Nc2cnc(C(=O)Nc3cccnc3)cn2)cc1. The molecule has 0 unspecified atom stereocenters. The quantitative estimate of drug-likeness (QED) is 0.746. The summed E-state index contributed by atoms with van der Waals surface area (Å²) in [5.41, 5.74) is 2.85. The highest BCUT2D eigenvalue weighted by Gasteiger charge is 2.08. The average molecular weight is 334 g/mol. The minimum absolute atomic E-state index is 0.234. The molecule has 0 bridgehead atoms. The molecule has 0 spiro atoms. The van der Waals surface area contributed by atoms with Gasteiger partial charge in [-0.2, -0.15) is 0 Å². The zero-order chi connectivity index (χ0) is 17.6. The summed E-state index contributed by atoms with van der Waals surface area (Å²) < 4.78 is 0. The van der Waals surface area contributed by atoms with Crippen LogP contribution >= 0.6 is 0 Å². The minimum Gasteiger partial charge on any atom is -0.378 e. The molecule has 2 heterocycles. The summed E-state index contributed by atoms with van der Waals surface area (Å²) >= 11 is 0. The van der Waals surface area contributed by atoms with Crippen molar-refractivity contribution >= 4 is 28.8 Å². The number of hydrogen-bond acceptors (Lipinski definition) is 6. The Bertz CT molecular complexity index is 832. The van der Waals surface area contributed by atoms with Crippen molar-refractivity contribution in [3.63, 3.8) is 0 Å². The number of carbonyl (C=O) groups is 1. The molecule has 7 heteroatoms. The first-order chi connectivity index (χ1) is 12.1. The minimum atomic E-state index is -0.331. The summed E-state index contributed by atoms with van der Waals surface area (Å²) in [5, 5.41) is 5.87. The first-order valence-corrected chi connectivity index (χ1v) is 7.69. The van der Waals surface area contributed by atoms with Gasteiger partial charge in [0.15, 0.2) is 0 Å². The van der Waals surface area contributed by atoms with Crippen LogP contribution in [0.15, 0.2) is 61.2 Å². The van der Waals surface area contributed by atoms with E-state index in [4.69, 9.17) is 0 Å². The van der Waals surface area contributed by atoms with Gasteiger partial charge in [-0.25, -0.2) is 9.97 Å². The van der Waals surface area contributed by atoms with E-state index >= 15 is 0 Å². The lowest BCUT2D eigenvalue weighted by atomic mass is 10.2. The molecule has 0 aliphatic carbocycles. The fourth-order valence-electron chi connectivity index (χ4n) is 2.13. The van der Waals surface area contributed by atoms with Gasteiger partial charge >= 0.3 is 0 Å². The first-order valence-electron chi connectivity index (χ1n) is 7.69. The van der Waals surface area contributed by atoms with Crippen LogP contribution in [0, 0.1) is 0 Å². The van der Waals surface area contributed by atoms with Crippen LogP contribution in [0.25, 0.3) is 0 Å². The first kappa shape index (κ1) is 16.4. The Balaban J connectivity index is 1.64. The van der Waals surface area contributed by atoms with Crippen molar-refractivity contribution < 1.29 is 4.79 Å². The molecule has 1 aromatic carbocycles. The van der Waals surface area contributed by atoms with Crippen molar-refractivity contribution in [1.29, 1.82) is 0 Å². The van der Waals surface area contributed by atoms with E-state index in [1.165, 1.54) is 12.4 Å². The molecule has 7 nitrogen and oxygen atoms in total. The molecule has 0 saturated carbocycles. The lowest BCUT2D eigenvalue weighted by Gasteiger charge is -2.13. The number of rotatable bonds is 5. The van der Waals surface area contributed by atoms with E-state index in [2.05, 4.69) is 25.6 Å². The van der Waals surface area contributed by atoms with Crippen LogP contribution in [0.4, 0.5) is 22.9 Å². The second-order valence-corrected chi connectivity index (χ2v) is 5.55. The highest BCUT2D eigenvalue weighted by Crippen LogP contribution is 2.18. The summed E-state index contributed by atoms with van der Waals surface area (Å²) in [6, 6.07) is 11.4. The molecule has 2 aromatic heterocycles. The van der Waals surface area contributed by atoms with Crippen molar-refractivity contribution in [3.05, 3.63) is 66.9 Å². The smallest absolute Gasteiger partial charge is 0.275 e. The fourth-order valence-corrected chi connectivity index (χ4v) is 2.13. The molecule has 3 rings (SSSR count). The van der Waals surface area contributed by atoms with Gasteiger partial charge in [0.25, 0.3) is 5.91 Å². The number of carbonyl (C=O) groups excluding carboxylic acids is 1. The van der Waals surface area contributed by atoms with E-state index in [0.717, 1.165) is 11.4 Å². The average Bonchev–Trinajstić information content (AvgIpc) is 2.63. The van der Waals surface area contributed by atoms with Crippen molar-refractivity contribution in [1.82, 2.24) is 15.0 Å². The number of pyridine rings is 1. The highest BCUT2D eigenvalue weighted by molar-refractivity contribution is 6.02. The molecular weight excluding hydrogens is 316 g/mol. The monoisotopic (exact) mass is 334 g/mol. The Hall–Kier alpha value is -3.48. The normalized spacial score (nSPS) is 10.2. The maximum atomic E-state index is 12.1. The predicted octanol–water partition coefficient (Wildman–Crippen LogP) is 2.93. The van der Waals surface area contributed by atoms with Gasteiger partial charge in [-0.3, -0.25) is 9.78 Å². The van der Waals surface area contributed by atoms with Gasteiger partial charge in [-0.15, -0.1) is 0 Å². The zero-order valence-electron chi connectivity index (χ0n) is 14.0. The number of nitrogens with one attached hydrogen (secondary N) is 2. The lowest BCUT2D eigenvalue weighted by Crippen LogP contribution is -2.14. The van der Waals surface area contributed by atoms with Crippen LogP contribution in [-0.2, 0) is 0 Å². The van der Waals surface area contributed by atoms with Crippen molar-refractivity contribution in [2.45, 2.75) is 0 Å². The molecule has 2 N–H and O–H groups in total. The van der Waals surface area contributed by atoms with E-state index < -0.39 is 0 Å². The van der Waals surface area contributed by atoms with E-state index in [-0.39, 0.29) is 11.6 Å². The number of nitrogens with zero attached hydrogens (tertiary/aromatic N) is 4. The third-order valence-corrected chi connectivity index (χ3v) is 3.46. The zero-order valence-corrected chi connectivity index (χ0v) is 14.0. The number of amides is 1. The highest BCUT2D eigenvalue weighted by atomic mass is 16.1. The summed E-state index contributed by atoms with van der Waals surface area (Å²) in [6.45, 7) is 0. The largest absolute Gasteiger partial charge is 0.378 e. The summed E-state index contributed by atoms with van der Waals surface area (Å²) in [4.78, 5) is 26.5. The number of aromatic nitrogens is 3.